The topological polar surface area (TPSA) is 84.9 Å². The molecule has 0 bridgehead atoms. The number of hydrogen-bond donors (Lipinski definition) is 2. The van der Waals surface area contributed by atoms with Crippen molar-refractivity contribution < 1.29 is 24.2 Å². The molecule has 0 saturated heterocycles. The SMILES string of the molecule is CCOC(=O)C(=CNc1cc(C)c(O)c(Cl)c1)C(=O)OCC. The fraction of sp³-hybridized carbons (Fsp3) is 0.333. The van der Waals surface area contributed by atoms with E-state index in [4.69, 9.17) is 21.1 Å². The summed E-state index contributed by atoms with van der Waals surface area (Å²) in [5.41, 5.74) is 0.800. The molecule has 1 aromatic rings. The van der Waals surface area contributed by atoms with Crippen molar-refractivity contribution in [1.29, 1.82) is 0 Å². The summed E-state index contributed by atoms with van der Waals surface area (Å²) in [5, 5.41) is 12.5. The van der Waals surface area contributed by atoms with Crippen molar-refractivity contribution in [2.75, 3.05) is 18.5 Å². The number of hydrogen-bond acceptors (Lipinski definition) is 6. The molecule has 1 rings (SSSR count). The van der Waals surface area contributed by atoms with Crippen LogP contribution in [0.3, 0.4) is 0 Å². The normalized spacial score (nSPS) is 9.82. The highest BCUT2D eigenvalue weighted by atomic mass is 35.5. The first kappa shape index (κ1) is 17.8. The van der Waals surface area contributed by atoms with Gasteiger partial charge in [-0.2, -0.15) is 0 Å². The van der Waals surface area contributed by atoms with E-state index in [0.29, 0.717) is 11.3 Å². The predicted octanol–water partition coefficient (Wildman–Crippen LogP) is 2.78. The lowest BCUT2D eigenvalue weighted by molar-refractivity contribution is -0.146. The molecule has 0 aromatic heterocycles. The number of nitrogens with one attached hydrogen (secondary N) is 1. The van der Waals surface area contributed by atoms with Crippen molar-refractivity contribution in [2.24, 2.45) is 0 Å². The van der Waals surface area contributed by atoms with Crippen LogP contribution in [0.2, 0.25) is 5.02 Å². The van der Waals surface area contributed by atoms with Crippen molar-refractivity contribution in [3.05, 3.63) is 34.5 Å². The van der Waals surface area contributed by atoms with Gasteiger partial charge in [0.25, 0.3) is 0 Å². The summed E-state index contributed by atoms with van der Waals surface area (Å²) in [6.07, 6.45) is 1.19. The minimum absolute atomic E-state index is 0.0211. The molecule has 7 heteroatoms. The Bertz CT molecular complexity index is 555. The van der Waals surface area contributed by atoms with Crippen LogP contribution in [-0.4, -0.2) is 30.3 Å². The van der Waals surface area contributed by atoms with Gasteiger partial charge in [-0.25, -0.2) is 9.59 Å². The van der Waals surface area contributed by atoms with Crippen molar-refractivity contribution in [1.82, 2.24) is 0 Å². The van der Waals surface area contributed by atoms with Crippen molar-refractivity contribution in [3.8, 4) is 5.75 Å². The number of benzene rings is 1. The zero-order chi connectivity index (χ0) is 16.7. The van der Waals surface area contributed by atoms with Crippen LogP contribution in [0, 0.1) is 6.92 Å². The van der Waals surface area contributed by atoms with Gasteiger partial charge in [0.15, 0.2) is 5.57 Å². The number of carbonyl (C=O) groups is 2. The summed E-state index contributed by atoms with van der Waals surface area (Å²) in [4.78, 5) is 23.5. The second kappa shape index (κ2) is 8.29. The second-order valence-corrected chi connectivity index (χ2v) is 4.67. The van der Waals surface area contributed by atoms with Crippen LogP contribution in [0.15, 0.2) is 23.9 Å². The maximum absolute atomic E-state index is 11.8. The highest BCUT2D eigenvalue weighted by Crippen LogP contribution is 2.30. The molecule has 0 unspecified atom stereocenters. The van der Waals surface area contributed by atoms with Crippen LogP contribution in [0.5, 0.6) is 5.75 Å². The maximum atomic E-state index is 11.8. The van der Waals surface area contributed by atoms with Gasteiger partial charge in [0.2, 0.25) is 0 Å². The summed E-state index contributed by atoms with van der Waals surface area (Å²) in [7, 11) is 0. The Balaban J connectivity index is 3.02. The lowest BCUT2D eigenvalue weighted by atomic mass is 10.2. The fourth-order valence-electron chi connectivity index (χ4n) is 1.59. The molecule has 0 saturated carbocycles. The number of phenols is 1. The van der Waals surface area contributed by atoms with E-state index in [9.17, 15) is 14.7 Å². The van der Waals surface area contributed by atoms with Crippen molar-refractivity contribution in [3.63, 3.8) is 0 Å². The van der Waals surface area contributed by atoms with Gasteiger partial charge in [-0.15, -0.1) is 0 Å². The molecule has 120 valence electrons. The molecular weight excluding hydrogens is 310 g/mol. The van der Waals surface area contributed by atoms with Crippen LogP contribution in [0.25, 0.3) is 0 Å². The predicted molar refractivity (Wildman–Crippen MR) is 82.8 cm³/mol. The Labute approximate surface area is 133 Å². The van der Waals surface area contributed by atoms with Gasteiger partial charge in [-0.05, 0) is 38.5 Å². The monoisotopic (exact) mass is 327 g/mol. The smallest absolute Gasteiger partial charge is 0.347 e. The number of carbonyl (C=O) groups excluding carboxylic acids is 2. The Morgan fingerprint density at radius 2 is 1.77 bits per heavy atom. The molecular formula is C15H18ClNO5. The van der Waals surface area contributed by atoms with E-state index < -0.39 is 11.9 Å². The summed E-state index contributed by atoms with van der Waals surface area (Å²) >= 11 is 5.87. The van der Waals surface area contributed by atoms with E-state index in [1.54, 1.807) is 26.8 Å². The first-order valence-corrected chi connectivity index (χ1v) is 7.08. The number of anilines is 1. The third-order valence-corrected chi connectivity index (χ3v) is 2.92. The van der Waals surface area contributed by atoms with E-state index in [1.165, 1.54) is 12.3 Å². The highest BCUT2D eigenvalue weighted by molar-refractivity contribution is 6.32. The van der Waals surface area contributed by atoms with E-state index in [0.717, 1.165) is 0 Å². The number of ether oxygens (including phenoxy) is 2. The molecule has 0 amide bonds. The third-order valence-electron chi connectivity index (χ3n) is 2.63. The molecule has 0 aliphatic heterocycles. The molecule has 0 atom stereocenters. The summed E-state index contributed by atoms with van der Waals surface area (Å²) < 4.78 is 9.62. The minimum atomic E-state index is -0.782. The zero-order valence-electron chi connectivity index (χ0n) is 12.6. The summed E-state index contributed by atoms with van der Waals surface area (Å²) in [6, 6.07) is 3.08. The Morgan fingerprint density at radius 1 is 1.23 bits per heavy atom. The first-order valence-electron chi connectivity index (χ1n) is 6.70. The van der Waals surface area contributed by atoms with Crippen molar-refractivity contribution in [2.45, 2.75) is 20.8 Å². The second-order valence-electron chi connectivity index (χ2n) is 4.27. The molecule has 22 heavy (non-hydrogen) atoms. The molecule has 0 heterocycles. The van der Waals surface area contributed by atoms with Gasteiger partial charge in [0.05, 0.1) is 18.2 Å². The van der Waals surface area contributed by atoms with E-state index in [2.05, 4.69) is 5.32 Å². The van der Waals surface area contributed by atoms with E-state index >= 15 is 0 Å². The van der Waals surface area contributed by atoms with Crippen LogP contribution >= 0.6 is 11.6 Å². The quantitative estimate of drug-likeness (QED) is 0.275. The molecule has 1 aromatic carbocycles. The number of aryl methyl sites for hydroxylation is 1. The minimum Gasteiger partial charge on any atom is -0.506 e. The largest absolute Gasteiger partial charge is 0.506 e. The number of phenolic OH excluding ortho intramolecular Hbond substituents is 1. The fourth-order valence-corrected chi connectivity index (χ4v) is 1.86. The number of halogens is 1. The standard InChI is InChI=1S/C15H18ClNO5/c1-4-21-14(19)11(15(20)22-5-2)8-17-10-6-9(3)13(18)12(16)7-10/h6-8,17-18H,4-5H2,1-3H3. The summed E-state index contributed by atoms with van der Waals surface area (Å²) in [5.74, 6) is -1.59. The van der Waals surface area contributed by atoms with Crippen LogP contribution in [0.1, 0.15) is 19.4 Å². The van der Waals surface area contributed by atoms with E-state index in [1.807, 2.05) is 0 Å². The lowest BCUT2D eigenvalue weighted by Crippen LogP contribution is -2.19. The maximum Gasteiger partial charge on any atom is 0.347 e. The highest BCUT2D eigenvalue weighted by Gasteiger charge is 2.21. The molecule has 0 radical (unpaired) electrons. The number of aromatic hydroxyl groups is 1. The van der Waals surface area contributed by atoms with Gasteiger partial charge in [-0.3, -0.25) is 0 Å². The van der Waals surface area contributed by atoms with Gasteiger partial charge >= 0.3 is 11.9 Å². The Morgan fingerprint density at radius 3 is 2.23 bits per heavy atom. The average molecular weight is 328 g/mol. The van der Waals surface area contributed by atoms with Crippen LogP contribution in [0.4, 0.5) is 5.69 Å². The summed E-state index contributed by atoms with van der Waals surface area (Å²) in [6.45, 7) is 5.22. The molecule has 0 aliphatic carbocycles. The average Bonchev–Trinajstić information content (AvgIpc) is 2.45. The first-order chi connectivity index (χ1) is 10.4. The molecule has 6 nitrogen and oxygen atoms in total. The Hall–Kier alpha value is -2.21. The number of esters is 2. The van der Waals surface area contributed by atoms with Crippen LogP contribution < -0.4 is 5.32 Å². The molecule has 2 N–H and O–H groups in total. The van der Waals surface area contributed by atoms with Crippen LogP contribution in [-0.2, 0) is 19.1 Å². The number of rotatable bonds is 6. The molecule has 0 spiro atoms. The Kier molecular flexibility index (Phi) is 6.72. The lowest BCUT2D eigenvalue weighted by Gasteiger charge is -2.09. The van der Waals surface area contributed by atoms with Gasteiger partial charge < -0.3 is 19.9 Å². The zero-order valence-corrected chi connectivity index (χ0v) is 13.4. The van der Waals surface area contributed by atoms with Gasteiger partial charge in [0.1, 0.15) is 5.75 Å². The van der Waals surface area contributed by atoms with Gasteiger partial charge in [0, 0.05) is 11.9 Å². The van der Waals surface area contributed by atoms with Gasteiger partial charge in [-0.1, -0.05) is 11.6 Å². The molecule has 0 aliphatic rings. The van der Waals surface area contributed by atoms with Crippen molar-refractivity contribution >= 4 is 29.2 Å². The third kappa shape index (κ3) is 4.66. The van der Waals surface area contributed by atoms with E-state index in [-0.39, 0.29) is 29.6 Å². The molecule has 0 fully saturated rings.